The summed E-state index contributed by atoms with van der Waals surface area (Å²) in [6, 6.07) is 6.31. The second-order valence-electron chi connectivity index (χ2n) is 10.3. The summed E-state index contributed by atoms with van der Waals surface area (Å²) in [7, 11) is 0. The van der Waals surface area contributed by atoms with Crippen LogP contribution >= 0.6 is 11.6 Å². The van der Waals surface area contributed by atoms with E-state index in [9.17, 15) is 31.9 Å². The molecule has 2 unspecified atom stereocenters. The Hall–Kier alpha value is -2.47. The monoisotopic (exact) mass is 576 g/mol. The van der Waals surface area contributed by atoms with Gasteiger partial charge in [-0.1, -0.05) is 31.5 Å². The number of carbonyl (C=O) groups excluding carboxylic acids is 1. The summed E-state index contributed by atoms with van der Waals surface area (Å²) in [5.41, 5.74) is 6.24. The molecule has 2 atom stereocenters. The lowest BCUT2D eigenvalue weighted by Gasteiger charge is -2.37. The zero-order valence-corrected chi connectivity index (χ0v) is 22.6. The summed E-state index contributed by atoms with van der Waals surface area (Å²) in [6.45, 7) is 5.27. The number of amides is 1. The molecule has 1 fully saturated rings. The van der Waals surface area contributed by atoms with E-state index in [4.69, 9.17) is 17.3 Å². The number of rotatable bonds is 10. The Balaban J connectivity index is 1.71. The fourth-order valence-electron chi connectivity index (χ4n) is 4.53. The zero-order valence-electron chi connectivity index (χ0n) is 21.9. The van der Waals surface area contributed by atoms with Crippen LogP contribution in [-0.2, 0) is 6.42 Å². The van der Waals surface area contributed by atoms with Crippen LogP contribution in [0.15, 0.2) is 30.3 Å². The number of nitrogens with one attached hydrogen (secondary N) is 1. The summed E-state index contributed by atoms with van der Waals surface area (Å²) in [5, 5.41) is 13.2. The van der Waals surface area contributed by atoms with Crippen LogP contribution in [0.2, 0.25) is 5.02 Å². The number of piperazine rings is 1. The summed E-state index contributed by atoms with van der Waals surface area (Å²) in [5.74, 6) is -3.24. The maximum Gasteiger partial charge on any atom is 0.390 e. The maximum atomic E-state index is 14.9. The first-order valence-electron chi connectivity index (χ1n) is 12.8. The van der Waals surface area contributed by atoms with E-state index in [1.54, 1.807) is 11.0 Å². The molecule has 39 heavy (non-hydrogen) atoms. The summed E-state index contributed by atoms with van der Waals surface area (Å²) in [4.78, 5) is 16.5. The van der Waals surface area contributed by atoms with Crippen LogP contribution in [0.25, 0.3) is 0 Å². The molecule has 2 aromatic rings. The van der Waals surface area contributed by atoms with Gasteiger partial charge in [-0.25, -0.2) is 8.78 Å². The second-order valence-corrected chi connectivity index (χ2v) is 10.7. The molecule has 0 saturated carbocycles. The van der Waals surface area contributed by atoms with Gasteiger partial charge in [0, 0.05) is 43.8 Å². The van der Waals surface area contributed by atoms with Crippen molar-refractivity contribution in [2.75, 3.05) is 42.9 Å². The van der Waals surface area contributed by atoms with E-state index in [1.807, 2.05) is 18.7 Å². The molecule has 1 saturated heterocycles. The number of halogens is 6. The molecule has 2 aromatic carbocycles. The van der Waals surface area contributed by atoms with Gasteiger partial charge in [0.2, 0.25) is 0 Å². The lowest BCUT2D eigenvalue weighted by Crippen LogP contribution is -2.47. The highest BCUT2D eigenvalue weighted by Gasteiger charge is 2.29. The van der Waals surface area contributed by atoms with Crippen molar-refractivity contribution in [3.63, 3.8) is 0 Å². The molecule has 1 amide bonds. The largest absolute Gasteiger partial charge is 0.391 e. The summed E-state index contributed by atoms with van der Waals surface area (Å²) < 4.78 is 67.5. The predicted molar refractivity (Wildman–Crippen MR) is 142 cm³/mol. The van der Waals surface area contributed by atoms with Gasteiger partial charge in [0.25, 0.3) is 5.91 Å². The normalized spacial score (nSPS) is 16.4. The topological polar surface area (TPSA) is 81.8 Å². The maximum absolute atomic E-state index is 14.9. The Labute approximate surface area is 229 Å². The van der Waals surface area contributed by atoms with Crippen LogP contribution in [-0.4, -0.2) is 67.0 Å². The van der Waals surface area contributed by atoms with Gasteiger partial charge in [-0.2, -0.15) is 13.2 Å². The molecule has 1 aliphatic rings. The minimum absolute atomic E-state index is 0.0464. The van der Waals surface area contributed by atoms with Crippen molar-refractivity contribution in [2.24, 2.45) is 11.7 Å². The van der Waals surface area contributed by atoms with Crippen molar-refractivity contribution in [3.8, 4) is 0 Å². The molecule has 216 valence electrons. The molecule has 0 spiro atoms. The first-order valence-corrected chi connectivity index (χ1v) is 13.2. The van der Waals surface area contributed by atoms with E-state index in [0.29, 0.717) is 49.0 Å². The molecule has 1 heterocycles. The molecule has 0 bridgehead atoms. The molecule has 0 aromatic heterocycles. The average Bonchev–Trinajstić information content (AvgIpc) is 2.86. The van der Waals surface area contributed by atoms with Crippen LogP contribution in [0.1, 0.15) is 42.6 Å². The van der Waals surface area contributed by atoms with E-state index in [0.717, 1.165) is 0 Å². The van der Waals surface area contributed by atoms with Crippen LogP contribution < -0.4 is 16.0 Å². The van der Waals surface area contributed by atoms with Gasteiger partial charge in [0.15, 0.2) is 11.6 Å². The average molecular weight is 577 g/mol. The van der Waals surface area contributed by atoms with Crippen molar-refractivity contribution < 1.29 is 31.9 Å². The third-order valence-corrected chi connectivity index (χ3v) is 6.94. The van der Waals surface area contributed by atoms with Gasteiger partial charge < -0.3 is 21.1 Å². The summed E-state index contributed by atoms with van der Waals surface area (Å²) >= 11 is 6.16. The Morgan fingerprint density at radius 2 is 1.77 bits per heavy atom. The standard InChI is InChI=1S/C27H34ClF5N4O2/c1-16(2)13-23(38)20(34)14-17-3-5-19(25(30)24(17)29)26(39)35-21-6-4-18(28)15-22(21)37-11-9-36(10-12-37)8-7-27(31,32)33/h3-6,15-16,20,23,38H,7-14,34H2,1-2H3,(H,35,39). The third kappa shape index (κ3) is 8.76. The Bertz CT molecular complexity index is 1140. The molecule has 3 rings (SSSR count). The molecular weight excluding hydrogens is 543 g/mol. The number of hydrogen-bond donors (Lipinski definition) is 3. The first-order chi connectivity index (χ1) is 18.2. The van der Waals surface area contributed by atoms with Crippen molar-refractivity contribution in [1.82, 2.24) is 4.90 Å². The van der Waals surface area contributed by atoms with Gasteiger partial charge in [-0.05, 0) is 48.6 Å². The fraction of sp³-hybridized carbons (Fsp3) is 0.519. The van der Waals surface area contributed by atoms with Crippen molar-refractivity contribution in [1.29, 1.82) is 0 Å². The van der Waals surface area contributed by atoms with E-state index < -0.39 is 47.8 Å². The van der Waals surface area contributed by atoms with Crippen LogP contribution in [0.5, 0.6) is 0 Å². The predicted octanol–water partition coefficient (Wildman–Crippen LogP) is 5.22. The van der Waals surface area contributed by atoms with Crippen LogP contribution in [0.4, 0.5) is 33.3 Å². The number of carbonyl (C=O) groups is 1. The Morgan fingerprint density at radius 3 is 2.38 bits per heavy atom. The number of hydrogen-bond acceptors (Lipinski definition) is 5. The summed E-state index contributed by atoms with van der Waals surface area (Å²) in [6.07, 6.45) is -5.69. The van der Waals surface area contributed by atoms with Gasteiger partial charge in [0.05, 0.1) is 29.5 Å². The lowest BCUT2D eigenvalue weighted by atomic mass is 9.95. The van der Waals surface area contributed by atoms with Crippen LogP contribution in [0, 0.1) is 17.6 Å². The number of benzene rings is 2. The molecule has 0 aliphatic carbocycles. The number of aliphatic hydroxyl groups is 1. The third-order valence-electron chi connectivity index (χ3n) is 6.70. The van der Waals surface area contributed by atoms with Gasteiger partial charge >= 0.3 is 6.18 Å². The number of anilines is 2. The number of alkyl halides is 3. The molecule has 1 aliphatic heterocycles. The van der Waals surface area contributed by atoms with E-state index in [1.165, 1.54) is 24.3 Å². The molecule has 0 radical (unpaired) electrons. The number of nitrogens with two attached hydrogens (primary N) is 1. The number of aliphatic hydroxyl groups excluding tert-OH is 1. The SMILES string of the molecule is CC(C)CC(O)C(N)Cc1ccc(C(=O)Nc2ccc(Cl)cc2N2CCN(CCC(F)(F)F)CC2)c(F)c1F. The van der Waals surface area contributed by atoms with E-state index in [2.05, 4.69) is 5.32 Å². The van der Waals surface area contributed by atoms with Gasteiger partial charge in [0.1, 0.15) is 0 Å². The highest BCUT2D eigenvalue weighted by Crippen LogP contribution is 2.31. The van der Waals surface area contributed by atoms with Crippen molar-refractivity contribution in [2.45, 2.75) is 51.4 Å². The highest BCUT2D eigenvalue weighted by molar-refractivity contribution is 6.31. The Morgan fingerprint density at radius 1 is 1.10 bits per heavy atom. The van der Waals surface area contributed by atoms with E-state index in [-0.39, 0.29) is 24.4 Å². The second kappa shape index (κ2) is 13.3. The van der Waals surface area contributed by atoms with Crippen LogP contribution in [0.3, 0.4) is 0 Å². The fourth-order valence-corrected chi connectivity index (χ4v) is 4.70. The molecule has 6 nitrogen and oxygen atoms in total. The van der Waals surface area contributed by atoms with Gasteiger partial charge in [-0.15, -0.1) is 0 Å². The molecule has 4 N–H and O–H groups in total. The van der Waals surface area contributed by atoms with Crippen molar-refractivity contribution >= 4 is 28.9 Å². The minimum Gasteiger partial charge on any atom is -0.391 e. The quantitative estimate of drug-likeness (QED) is 0.338. The molecular formula is C27H34ClF5N4O2. The van der Waals surface area contributed by atoms with E-state index >= 15 is 0 Å². The highest BCUT2D eigenvalue weighted by atomic mass is 35.5. The first kappa shape index (κ1) is 31.1. The van der Waals surface area contributed by atoms with Gasteiger partial charge in [-0.3, -0.25) is 9.69 Å². The molecule has 12 heteroatoms. The smallest absolute Gasteiger partial charge is 0.390 e. The minimum atomic E-state index is -4.23. The van der Waals surface area contributed by atoms with Crippen molar-refractivity contribution in [3.05, 3.63) is 58.1 Å². The number of nitrogens with zero attached hydrogens (tertiary/aromatic N) is 2. The zero-order chi connectivity index (χ0) is 28.9. The lowest BCUT2D eigenvalue weighted by molar-refractivity contribution is -0.138. The Kier molecular flexibility index (Phi) is 10.6.